The minimum atomic E-state index is -0.687. The van der Waals surface area contributed by atoms with E-state index in [-0.39, 0.29) is 16.8 Å². The normalized spacial score (nSPS) is 11.0. The molecule has 0 bridgehead atoms. The summed E-state index contributed by atoms with van der Waals surface area (Å²) in [5, 5.41) is 3.88. The van der Waals surface area contributed by atoms with Crippen LogP contribution < -0.4 is 5.56 Å². The smallest absolute Gasteiger partial charge is 0.265 e. The molecule has 0 saturated carbocycles. The van der Waals surface area contributed by atoms with Crippen LogP contribution in [0.25, 0.3) is 22.4 Å². The van der Waals surface area contributed by atoms with Crippen LogP contribution in [0.3, 0.4) is 0 Å². The molecule has 0 aliphatic carbocycles. The van der Waals surface area contributed by atoms with Crippen LogP contribution in [-0.2, 0) is 6.54 Å². The number of thiophene rings is 1. The fourth-order valence-electron chi connectivity index (χ4n) is 2.77. The van der Waals surface area contributed by atoms with Gasteiger partial charge < -0.3 is 4.57 Å². The molecule has 2 aromatic heterocycles. The zero-order chi connectivity index (χ0) is 17.4. The summed E-state index contributed by atoms with van der Waals surface area (Å²) in [4.78, 5) is 12.5. The van der Waals surface area contributed by atoms with E-state index in [9.17, 15) is 13.6 Å². The van der Waals surface area contributed by atoms with E-state index in [1.165, 1.54) is 34.1 Å². The van der Waals surface area contributed by atoms with Crippen molar-refractivity contribution >= 4 is 27.3 Å². The zero-order valence-corrected chi connectivity index (χ0v) is 15.5. The van der Waals surface area contributed by atoms with Crippen molar-refractivity contribution in [3.63, 3.8) is 0 Å². The standard InChI is InChI=1S/C18H14BrF2NOS/c1-3-22-17(16-14(20)5-4-6-15(16)21)11(7-13(19)18(22)23)12-9-24-8-10(12)2/h4-9H,3H2,1-2H3. The van der Waals surface area contributed by atoms with Gasteiger partial charge in [0.05, 0.1) is 15.7 Å². The van der Waals surface area contributed by atoms with Crippen molar-refractivity contribution in [3.05, 3.63) is 67.1 Å². The van der Waals surface area contributed by atoms with E-state index >= 15 is 0 Å². The van der Waals surface area contributed by atoms with Gasteiger partial charge in [0.25, 0.3) is 5.56 Å². The van der Waals surface area contributed by atoms with Crippen LogP contribution in [0, 0.1) is 18.6 Å². The molecule has 124 valence electrons. The minimum Gasteiger partial charge on any atom is -0.307 e. The first-order valence-corrected chi connectivity index (χ1v) is 9.10. The highest BCUT2D eigenvalue weighted by Crippen LogP contribution is 2.38. The quantitative estimate of drug-likeness (QED) is 0.550. The van der Waals surface area contributed by atoms with Gasteiger partial charge in [-0.05, 0) is 69.9 Å². The van der Waals surface area contributed by atoms with Crippen molar-refractivity contribution in [2.75, 3.05) is 0 Å². The van der Waals surface area contributed by atoms with E-state index < -0.39 is 11.6 Å². The molecule has 2 nitrogen and oxygen atoms in total. The molecule has 3 aromatic rings. The van der Waals surface area contributed by atoms with E-state index in [1.54, 1.807) is 13.0 Å². The van der Waals surface area contributed by atoms with Gasteiger partial charge >= 0.3 is 0 Å². The third-order valence-corrected chi connectivity index (χ3v) is 5.34. The van der Waals surface area contributed by atoms with E-state index in [4.69, 9.17) is 0 Å². The van der Waals surface area contributed by atoms with Gasteiger partial charge in [0.15, 0.2) is 0 Å². The van der Waals surface area contributed by atoms with Crippen molar-refractivity contribution in [2.45, 2.75) is 20.4 Å². The predicted octanol–water partition coefficient (Wildman–Crippen LogP) is 5.61. The highest BCUT2D eigenvalue weighted by atomic mass is 79.9. The maximum absolute atomic E-state index is 14.4. The number of aromatic nitrogens is 1. The molecule has 0 radical (unpaired) electrons. The van der Waals surface area contributed by atoms with E-state index in [1.807, 2.05) is 17.7 Å². The van der Waals surface area contributed by atoms with Crippen LogP contribution in [0.2, 0.25) is 0 Å². The molecule has 6 heteroatoms. The monoisotopic (exact) mass is 409 g/mol. The van der Waals surface area contributed by atoms with Crippen molar-refractivity contribution in [1.82, 2.24) is 4.57 Å². The van der Waals surface area contributed by atoms with Crippen molar-refractivity contribution in [3.8, 4) is 22.4 Å². The lowest BCUT2D eigenvalue weighted by Crippen LogP contribution is -2.23. The molecule has 0 unspecified atom stereocenters. The second kappa shape index (κ2) is 6.61. The Balaban J connectivity index is 2.50. The Hall–Kier alpha value is -1.79. The predicted molar refractivity (Wildman–Crippen MR) is 97.5 cm³/mol. The number of aryl methyl sites for hydroxylation is 1. The molecule has 2 heterocycles. The van der Waals surface area contributed by atoms with Crippen LogP contribution in [0.15, 0.2) is 44.3 Å². The molecule has 0 fully saturated rings. The number of benzene rings is 1. The highest BCUT2D eigenvalue weighted by Gasteiger charge is 2.22. The Morgan fingerprint density at radius 1 is 1.17 bits per heavy atom. The fourth-order valence-corrected chi connectivity index (χ4v) is 4.06. The van der Waals surface area contributed by atoms with Gasteiger partial charge in [0, 0.05) is 12.1 Å². The fraction of sp³-hybridized carbons (Fsp3) is 0.167. The summed E-state index contributed by atoms with van der Waals surface area (Å²) in [7, 11) is 0. The third-order valence-electron chi connectivity index (χ3n) is 3.91. The largest absolute Gasteiger partial charge is 0.307 e. The first kappa shape index (κ1) is 17.0. The second-order valence-electron chi connectivity index (χ2n) is 5.37. The molecule has 0 atom stereocenters. The summed E-state index contributed by atoms with van der Waals surface area (Å²) in [6.07, 6.45) is 0. The molecule has 3 rings (SSSR count). The van der Waals surface area contributed by atoms with Gasteiger partial charge in [0.2, 0.25) is 0 Å². The van der Waals surface area contributed by atoms with Crippen LogP contribution in [-0.4, -0.2) is 4.57 Å². The Labute approximate surface area is 150 Å². The first-order valence-electron chi connectivity index (χ1n) is 7.36. The molecule has 0 amide bonds. The molecule has 1 aromatic carbocycles. The molecule has 0 spiro atoms. The van der Waals surface area contributed by atoms with Crippen LogP contribution >= 0.6 is 27.3 Å². The summed E-state index contributed by atoms with van der Waals surface area (Å²) in [6, 6.07) is 5.37. The minimum absolute atomic E-state index is 0.176. The van der Waals surface area contributed by atoms with Gasteiger partial charge in [-0.1, -0.05) is 6.07 Å². The Kier molecular flexibility index (Phi) is 4.69. The van der Waals surface area contributed by atoms with Gasteiger partial charge in [-0.2, -0.15) is 11.3 Å². The van der Waals surface area contributed by atoms with Crippen molar-refractivity contribution in [1.29, 1.82) is 0 Å². The summed E-state index contributed by atoms with van der Waals surface area (Å²) < 4.78 is 30.7. The van der Waals surface area contributed by atoms with E-state index in [2.05, 4.69) is 15.9 Å². The topological polar surface area (TPSA) is 22.0 Å². The van der Waals surface area contributed by atoms with Gasteiger partial charge in [0.1, 0.15) is 11.6 Å². The van der Waals surface area contributed by atoms with Crippen molar-refractivity contribution in [2.24, 2.45) is 0 Å². The van der Waals surface area contributed by atoms with E-state index in [0.29, 0.717) is 16.6 Å². The van der Waals surface area contributed by atoms with E-state index in [0.717, 1.165) is 11.1 Å². The number of rotatable bonds is 3. The van der Waals surface area contributed by atoms with Gasteiger partial charge in [-0.3, -0.25) is 4.79 Å². The molecule has 0 saturated heterocycles. The molecule has 0 N–H and O–H groups in total. The van der Waals surface area contributed by atoms with Gasteiger partial charge in [-0.15, -0.1) is 0 Å². The summed E-state index contributed by atoms with van der Waals surface area (Å²) in [6.45, 7) is 4.01. The summed E-state index contributed by atoms with van der Waals surface area (Å²) >= 11 is 4.78. The number of pyridine rings is 1. The lowest BCUT2D eigenvalue weighted by molar-refractivity contribution is 0.584. The number of nitrogens with zero attached hydrogens (tertiary/aromatic N) is 1. The van der Waals surface area contributed by atoms with Crippen LogP contribution in [0.1, 0.15) is 12.5 Å². The lowest BCUT2D eigenvalue weighted by atomic mass is 9.97. The average Bonchev–Trinajstić information content (AvgIpc) is 2.96. The van der Waals surface area contributed by atoms with Gasteiger partial charge in [-0.25, -0.2) is 8.78 Å². The molecule has 0 aliphatic rings. The molecule has 24 heavy (non-hydrogen) atoms. The SMILES string of the molecule is CCn1c(-c2c(F)cccc2F)c(-c2cscc2C)cc(Br)c1=O. The van der Waals surface area contributed by atoms with Crippen molar-refractivity contribution < 1.29 is 8.78 Å². The molecular weight excluding hydrogens is 396 g/mol. The number of halogens is 3. The van der Waals surface area contributed by atoms with Crippen LogP contribution in [0.5, 0.6) is 0 Å². The highest BCUT2D eigenvalue weighted by molar-refractivity contribution is 9.10. The first-order chi connectivity index (χ1) is 11.5. The summed E-state index contributed by atoms with van der Waals surface area (Å²) in [5.74, 6) is -1.37. The third kappa shape index (κ3) is 2.74. The maximum Gasteiger partial charge on any atom is 0.265 e. The molecular formula is C18H14BrF2NOS. The number of hydrogen-bond acceptors (Lipinski definition) is 2. The Morgan fingerprint density at radius 3 is 2.38 bits per heavy atom. The lowest BCUT2D eigenvalue weighted by Gasteiger charge is -2.18. The van der Waals surface area contributed by atoms with Crippen LogP contribution in [0.4, 0.5) is 8.78 Å². The average molecular weight is 410 g/mol. The Morgan fingerprint density at radius 2 is 1.83 bits per heavy atom. The zero-order valence-electron chi connectivity index (χ0n) is 13.1. The maximum atomic E-state index is 14.4. The summed E-state index contributed by atoms with van der Waals surface area (Å²) in [5.41, 5.74) is 2.26. The number of hydrogen-bond donors (Lipinski definition) is 0. The molecule has 0 aliphatic heterocycles. The second-order valence-corrected chi connectivity index (χ2v) is 6.97. The Bertz CT molecular complexity index is 957.